The summed E-state index contributed by atoms with van der Waals surface area (Å²) in [5, 5.41) is 0.217. The molecule has 0 radical (unpaired) electrons. The Labute approximate surface area is 162 Å². The minimum Gasteiger partial charge on any atom is -0.492 e. The smallest absolute Gasteiger partial charge is 0.410 e. The molecule has 1 amide bonds. The van der Waals surface area contributed by atoms with E-state index >= 15 is 0 Å². The van der Waals surface area contributed by atoms with E-state index in [0.29, 0.717) is 30.0 Å². The summed E-state index contributed by atoms with van der Waals surface area (Å²) in [6.07, 6.45) is -3.14. The van der Waals surface area contributed by atoms with E-state index in [2.05, 4.69) is 15.0 Å². The van der Waals surface area contributed by atoms with E-state index < -0.39 is 18.1 Å². The molecule has 0 bridgehead atoms. The number of fused-ring (bicyclic) bond motifs is 3. The Morgan fingerprint density at radius 3 is 2.82 bits per heavy atom. The third-order valence-corrected chi connectivity index (χ3v) is 5.09. The summed E-state index contributed by atoms with van der Waals surface area (Å²) in [6, 6.07) is 2.75. The molecule has 148 valence electrons. The van der Waals surface area contributed by atoms with Crippen molar-refractivity contribution < 1.29 is 22.7 Å². The van der Waals surface area contributed by atoms with Crippen LogP contribution in [0.5, 0.6) is 5.75 Å². The number of halogens is 3. The van der Waals surface area contributed by atoms with Crippen LogP contribution in [0.1, 0.15) is 27.2 Å². The van der Waals surface area contributed by atoms with E-state index in [4.69, 9.17) is 16.2 Å². The van der Waals surface area contributed by atoms with Crippen LogP contribution < -0.4 is 16.2 Å². The fourth-order valence-electron chi connectivity index (χ4n) is 2.54. The SMILES string of the molecule is CC(N=C(N=CN)c1nc2c(s1)CCOc1cc(C(N)=O)ccc1-2)C(F)(F)F. The van der Waals surface area contributed by atoms with Crippen molar-refractivity contribution >= 4 is 29.4 Å². The van der Waals surface area contributed by atoms with E-state index in [0.717, 1.165) is 18.1 Å². The Kier molecular flexibility index (Phi) is 5.36. The molecule has 11 heteroatoms. The molecular weight excluding hydrogens is 395 g/mol. The summed E-state index contributed by atoms with van der Waals surface area (Å²) in [5.74, 6) is -0.360. The van der Waals surface area contributed by atoms with Crippen LogP contribution in [0.25, 0.3) is 11.3 Å². The molecule has 1 aromatic heterocycles. The number of carbonyl (C=O) groups is 1. The van der Waals surface area contributed by atoms with Gasteiger partial charge in [-0.2, -0.15) is 13.2 Å². The van der Waals surface area contributed by atoms with Gasteiger partial charge in [-0.3, -0.25) is 9.79 Å². The van der Waals surface area contributed by atoms with Gasteiger partial charge in [0, 0.05) is 22.4 Å². The zero-order valence-corrected chi connectivity index (χ0v) is 15.5. The van der Waals surface area contributed by atoms with E-state index in [1.54, 1.807) is 6.07 Å². The Bertz CT molecular complexity index is 968. The van der Waals surface area contributed by atoms with Gasteiger partial charge in [0.25, 0.3) is 0 Å². The number of ether oxygens (including phenoxy) is 1. The lowest BCUT2D eigenvalue weighted by molar-refractivity contribution is -0.142. The summed E-state index contributed by atoms with van der Waals surface area (Å²) in [6.45, 7) is 1.24. The number of hydrogen-bond donors (Lipinski definition) is 2. The summed E-state index contributed by atoms with van der Waals surface area (Å²) in [7, 11) is 0. The van der Waals surface area contributed by atoms with Crippen LogP contribution in [0.4, 0.5) is 13.2 Å². The molecule has 1 atom stereocenters. The number of rotatable bonds is 3. The highest BCUT2D eigenvalue weighted by molar-refractivity contribution is 7.14. The molecule has 0 saturated carbocycles. The van der Waals surface area contributed by atoms with Gasteiger partial charge in [0.2, 0.25) is 5.91 Å². The van der Waals surface area contributed by atoms with Crippen LogP contribution in [0.2, 0.25) is 0 Å². The van der Waals surface area contributed by atoms with E-state index in [1.165, 1.54) is 23.5 Å². The van der Waals surface area contributed by atoms with Crippen LogP contribution in [0, 0.1) is 0 Å². The van der Waals surface area contributed by atoms with Gasteiger partial charge in [-0.15, -0.1) is 11.3 Å². The summed E-state index contributed by atoms with van der Waals surface area (Å²) >= 11 is 1.17. The fraction of sp³-hybridized carbons (Fsp3) is 0.294. The summed E-state index contributed by atoms with van der Waals surface area (Å²) < 4.78 is 44.3. The molecule has 1 unspecified atom stereocenters. The number of thiazole rings is 1. The molecule has 0 aliphatic carbocycles. The minimum atomic E-state index is -4.50. The maximum atomic E-state index is 12.9. The second kappa shape index (κ2) is 7.58. The Balaban J connectivity index is 2.08. The summed E-state index contributed by atoms with van der Waals surface area (Å²) in [4.78, 5) is 24.0. The van der Waals surface area contributed by atoms with E-state index in [9.17, 15) is 18.0 Å². The van der Waals surface area contributed by atoms with Gasteiger partial charge >= 0.3 is 6.18 Å². The third kappa shape index (κ3) is 3.98. The normalized spacial score (nSPS) is 15.5. The number of primary amides is 1. The molecule has 3 rings (SSSR count). The van der Waals surface area contributed by atoms with Crippen LogP contribution >= 0.6 is 11.3 Å². The number of amidine groups is 1. The number of aliphatic imine (C=N–C) groups is 2. The number of nitrogens with zero attached hydrogens (tertiary/aromatic N) is 3. The third-order valence-electron chi connectivity index (χ3n) is 3.98. The van der Waals surface area contributed by atoms with Crippen molar-refractivity contribution in [2.45, 2.75) is 25.6 Å². The molecule has 1 aliphatic rings. The second-order valence-corrected chi connectivity index (χ2v) is 7.00. The average molecular weight is 411 g/mol. The highest BCUT2D eigenvalue weighted by Gasteiger charge is 2.36. The van der Waals surface area contributed by atoms with Crippen molar-refractivity contribution in [2.24, 2.45) is 21.5 Å². The molecule has 2 aromatic rings. The lowest BCUT2D eigenvalue weighted by Gasteiger charge is -2.11. The number of alkyl halides is 3. The molecule has 2 heterocycles. The highest BCUT2D eigenvalue weighted by Crippen LogP contribution is 2.38. The molecule has 1 aliphatic heterocycles. The van der Waals surface area contributed by atoms with Gasteiger partial charge in [-0.05, 0) is 25.1 Å². The zero-order valence-electron chi connectivity index (χ0n) is 14.7. The maximum absolute atomic E-state index is 12.9. The molecule has 4 N–H and O–H groups in total. The van der Waals surface area contributed by atoms with Crippen LogP contribution in [0.15, 0.2) is 28.2 Å². The standard InChI is InChI=1S/C17H16F3N5O2S/c1-8(17(18,19)20)24-15(23-7-21)16-25-13-10-3-2-9(14(22)26)6-11(10)27-5-4-12(13)28-16/h2-3,6-8H,4-5H2,1H3,(H2,22,26)(H2,21,23,24). The van der Waals surface area contributed by atoms with Gasteiger partial charge in [-0.25, -0.2) is 9.98 Å². The van der Waals surface area contributed by atoms with Gasteiger partial charge in [0.15, 0.2) is 10.8 Å². The number of benzene rings is 1. The Hall–Kier alpha value is -2.95. The van der Waals surface area contributed by atoms with E-state index in [-0.39, 0.29) is 16.4 Å². The van der Waals surface area contributed by atoms with Crippen LogP contribution in [-0.4, -0.2) is 41.9 Å². The molecule has 7 nitrogen and oxygen atoms in total. The van der Waals surface area contributed by atoms with Gasteiger partial charge in [-0.1, -0.05) is 0 Å². The fourth-order valence-corrected chi connectivity index (χ4v) is 3.55. The predicted octanol–water partition coefficient (Wildman–Crippen LogP) is 2.53. The topological polar surface area (TPSA) is 116 Å². The van der Waals surface area contributed by atoms with Gasteiger partial charge < -0.3 is 16.2 Å². The molecule has 1 aromatic carbocycles. The lowest BCUT2D eigenvalue weighted by atomic mass is 10.1. The predicted molar refractivity (Wildman–Crippen MR) is 100 cm³/mol. The Morgan fingerprint density at radius 2 is 2.18 bits per heavy atom. The number of nitrogens with two attached hydrogens (primary N) is 2. The highest BCUT2D eigenvalue weighted by atomic mass is 32.1. The van der Waals surface area contributed by atoms with E-state index in [1.807, 2.05) is 0 Å². The number of hydrogen-bond acceptors (Lipinski definition) is 5. The monoisotopic (exact) mass is 411 g/mol. The van der Waals surface area contributed by atoms with Crippen LogP contribution in [0.3, 0.4) is 0 Å². The quantitative estimate of drug-likeness (QED) is 0.596. The molecular formula is C17H16F3N5O2S. The number of carbonyl (C=O) groups excluding carboxylic acids is 1. The number of amides is 1. The van der Waals surface area contributed by atoms with Crippen molar-refractivity contribution in [3.05, 3.63) is 33.6 Å². The first-order chi connectivity index (χ1) is 13.2. The lowest BCUT2D eigenvalue weighted by Crippen LogP contribution is -2.25. The zero-order chi connectivity index (χ0) is 20.5. The molecule has 0 spiro atoms. The molecule has 0 fully saturated rings. The first-order valence-electron chi connectivity index (χ1n) is 8.16. The van der Waals surface area contributed by atoms with Gasteiger partial charge in [0.1, 0.15) is 11.8 Å². The first-order valence-corrected chi connectivity index (χ1v) is 8.98. The molecule has 28 heavy (non-hydrogen) atoms. The maximum Gasteiger partial charge on any atom is 0.410 e. The minimum absolute atomic E-state index is 0.193. The average Bonchev–Trinajstić information content (AvgIpc) is 2.96. The first kappa shape index (κ1) is 19.8. The van der Waals surface area contributed by atoms with Crippen molar-refractivity contribution in [2.75, 3.05) is 6.61 Å². The Morgan fingerprint density at radius 1 is 1.43 bits per heavy atom. The van der Waals surface area contributed by atoms with Crippen molar-refractivity contribution in [1.29, 1.82) is 0 Å². The number of aromatic nitrogens is 1. The van der Waals surface area contributed by atoms with Crippen molar-refractivity contribution in [3.63, 3.8) is 0 Å². The van der Waals surface area contributed by atoms with Crippen molar-refractivity contribution in [3.8, 4) is 17.0 Å². The molecule has 0 saturated heterocycles. The second-order valence-electron chi connectivity index (χ2n) is 5.91. The summed E-state index contributed by atoms with van der Waals surface area (Å²) in [5.41, 5.74) is 12.0. The van der Waals surface area contributed by atoms with Crippen LogP contribution in [-0.2, 0) is 6.42 Å². The van der Waals surface area contributed by atoms with Crippen molar-refractivity contribution in [1.82, 2.24) is 4.98 Å². The van der Waals surface area contributed by atoms with Gasteiger partial charge in [0.05, 0.1) is 18.6 Å². The largest absolute Gasteiger partial charge is 0.492 e.